The summed E-state index contributed by atoms with van der Waals surface area (Å²) < 4.78 is 19.0. The van der Waals surface area contributed by atoms with E-state index in [1.165, 1.54) is 12.3 Å². The van der Waals surface area contributed by atoms with E-state index in [0.717, 1.165) is 44.0 Å². The van der Waals surface area contributed by atoms with Crippen LogP contribution in [0.15, 0.2) is 23.5 Å². The summed E-state index contributed by atoms with van der Waals surface area (Å²) in [7, 11) is 0. The van der Waals surface area contributed by atoms with Gasteiger partial charge in [-0.1, -0.05) is 11.6 Å². The predicted molar refractivity (Wildman–Crippen MR) is 88.5 cm³/mol. The average Bonchev–Trinajstić information content (AvgIpc) is 2.56. The maximum absolute atomic E-state index is 13.6. The molecule has 0 aliphatic carbocycles. The molecule has 1 aromatic rings. The Kier molecular flexibility index (Phi) is 4.94. The molecule has 5 nitrogen and oxygen atoms in total. The summed E-state index contributed by atoms with van der Waals surface area (Å²) in [5.41, 5.74) is 8.46. The Morgan fingerprint density at radius 3 is 2.91 bits per heavy atom. The van der Waals surface area contributed by atoms with Crippen LogP contribution in [-0.2, 0) is 4.74 Å². The number of hydrogen-bond donors (Lipinski definition) is 1. The van der Waals surface area contributed by atoms with Gasteiger partial charge in [-0.15, -0.1) is 0 Å². The number of ether oxygens (including phenoxy) is 1. The van der Waals surface area contributed by atoms with E-state index in [4.69, 9.17) is 22.1 Å². The number of rotatable bonds is 3. The maximum atomic E-state index is 13.6. The number of aliphatic imine (C=N–C) groups is 1. The summed E-state index contributed by atoms with van der Waals surface area (Å²) in [6.45, 7) is 4.20. The Morgan fingerprint density at radius 2 is 2.17 bits per heavy atom. The Bertz CT molecular complexity index is 643. The topological polar surface area (TPSA) is 63.7 Å². The van der Waals surface area contributed by atoms with E-state index in [1.54, 1.807) is 6.20 Å². The largest absolute Gasteiger partial charge is 0.381 e. The van der Waals surface area contributed by atoms with Gasteiger partial charge in [-0.2, -0.15) is 4.39 Å². The lowest BCUT2D eigenvalue weighted by Crippen LogP contribution is -2.49. The molecule has 0 spiro atoms. The van der Waals surface area contributed by atoms with E-state index in [1.807, 2.05) is 6.92 Å². The van der Waals surface area contributed by atoms with Crippen molar-refractivity contribution in [1.82, 2.24) is 9.88 Å². The van der Waals surface area contributed by atoms with Crippen LogP contribution in [0.2, 0.25) is 5.02 Å². The van der Waals surface area contributed by atoms with E-state index in [0.29, 0.717) is 16.5 Å². The average molecular weight is 339 g/mol. The number of hydrogen-bond acceptors (Lipinski definition) is 5. The van der Waals surface area contributed by atoms with Crippen molar-refractivity contribution in [3.63, 3.8) is 0 Å². The van der Waals surface area contributed by atoms with Gasteiger partial charge in [-0.3, -0.25) is 4.99 Å². The molecule has 7 heteroatoms. The van der Waals surface area contributed by atoms with Gasteiger partial charge in [0.15, 0.2) is 0 Å². The molecule has 1 aromatic heterocycles. The van der Waals surface area contributed by atoms with Crippen molar-refractivity contribution in [3.8, 4) is 0 Å². The number of aromatic nitrogens is 1. The molecule has 1 fully saturated rings. The molecule has 0 aromatic carbocycles. The van der Waals surface area contributed by atoms with E-state index >= 15 is 0 Å². The van der Waals surface area contributed by atoms with Gasteiger partial charge in [0, 0.05) is 37.6 Å². The fourth-order valence-corrected chi connectivity index (χ4v) is 3.14. The zero-order valence-corrected chi connectivity index (χ0v) is 13.8. The molecular weight excluding hydrogens is 319 g/mol. The van der Waals surface area contributed by atoms with E-state index < -0.39 is 5.95 Å². The lowest BCUT2D eigenvalue weighted by atomic mass is 9.97. The standard InChI is InChI=1S/C16H20ClFN4O/c1-10-16(19)22(9-11-2-4-23-5-3-11)14(8-20-10)12-6-15(18)21-7-13(12)17/h6-8,11,16H,2-5,9,19H2,1H3. The van der Waals surface area contributed by atoms with Gasteiger partial charge in [-0.25, -0.2) is 4.98 Å². The normalized spacial score (nSPS) is 22.8. The molecule has 124 valence electrons. The molecule has 0 bridgehead atoms. The van der Waals surface area contributed by atoms with Crippen molar-refractivity contribution < 1.29 is 9.13 Å². The fourth-order valence-electron chi connectivity index (χ4n) is 2.94. The van der Waals surface area contributed by atoms with Crippen molar-refractivity contribution in [2.24, 2.45) is 16.6 Å². The molecular formula is C16H20ClFN4O. The summed E-state index contributed by atoms with van der Waals surface area (Å²) in [6.07, 6.45) is 4.66. The summed E-state index contributed by atoms with van der Waals surface area (Å²) >= 11 is 6.22. The molecule has 2 aliphatic rings. The molecule has 0 amide bonds. The molecule has 1 atom stereocenters. The van der Waals surface area contributed by atoms with Crippen molar-refractivity contribution in [3.05, 3.63) is 35.0 Å². The second kappa shape index (κ2) is 6.95. The van der Waals surface area contributed by atoms with Gasteiger partial charge in [0.25, 0.3) is 0 Å². The highest BCUT2D eigenvalue weighted by atomic mass is 35.5. The van der Waals surface area contributed by atoms with Crippen LogP contribution in [0.4, 0.5) is 4.39 Å². The molecule has 3 rings (SSSR count). The van der Waals surface area contributed by atoms with Gasteiger partial charge in [0.05, 0.1) is 22.6 Å². The SMILES string of the molecule is CC1=NC=C(c2cc(F)ncc2Cl)N(CC2CCOCC2)C1N. The second-order valence-electron chi connectivity index (χ2n) is 5.92. The summed E-state index contributed by atoms with van der Waals surface area (Å²) in [5.74, 6) is -0.0919. The van der Waals surface area contributed by atoms with Crippen LogP contribution < -0.4 is 5.73 Å². The minimum atomic E-state index is -0.573. The van der Waals surface area contributed by atoms with Crippen molar-refractivity contribution in [1.29, 1.82) is 0 Å². The van der Waals surface area contributed by atoms with E-state index in [-0.39, 0.29) is 6.17 Å². The monoisotopic (exact) mass is 338 g/mol. The minimum absolute atomic E-state index is 0.342. The van der Waals surface area contributed by atoms with E-state index in [2.05, 4.69) is 14.9 Å². The van der Waals surface area contributed by atoms with Crippen molar-refractivity contribution in [2.45, 2.75) is 25.9 Å². The highest BCUT2D eigenvalue weighted by Gasteiger charge is 2.28. The molecule has 0 saturated carbocycles. The zero-order chi connectivity index (χ0) is 16.4. The smallest absolute Gasteiger partial charge is 0.213 e. The number of nitrogens with zero attached hydrogens (tertiary/aromatic N) is 3. The van der Waals surface area contributed by atoms with Crippen molar-refractivity contribution >= 4 is 23.0 Å². The van der Waals surface area contributed by atoms with Crippen LogP contribution in [0, 0.1) is 11.9 Å². The van der Waals surface area contributed by atoms with Crippen LogP contribution in [0.25, 0.3) is 5.70 Å². The molecule has 23 heavy (non-hydrogen) atoms. The van der Waals surface area contributed by atoms with Gasteiger partial charge < -0.3 is 15.4 Å². The summed E-state index contributed by atoms with van der Waals surface area (Å²) in [5, 5.41) is 0.386. The Morgan fingerprint density at radius 1 is 1.43 bits per heavy atom. The Labute approximate surface area is 140 Å². The maximum Gasteiger partial charge on any atom is 0.213 e. The summed E-state index contributed by atoms with van der Waals surface area (Å²) in [6, 6.07) is 1.33. The highest BCUT2D eigenvalue weighted by molar-refractivity contribution is 6.32. The van der Waals surface area contributed by atoms with Gasteiger partial charge in [0.1, 0.15) is 6.17 Å². The quantitative estimate of drug-likeness (QED) is 0.861. The molecule has 1 unspecified atom stereocenters. The number of halogens is 2. The lowest BCUT2D eigenvalue weighted by molar-refractivity contribution is 0.0573. The van der Waals surface area contributed by atoms with Gasteiger partial charge in [-0.05, 0) is 25.7 Å². The number of pyridine rings is 1. The first-order chi connectivity index (χ1) is 11.1. The number of nitrogens with two attached hydrogens (primary N) is 1. The zero-order valence-electron chi connectivity index (χ0n) is 13.0. The Balaban J connectivity index is 1.92. The van der Waals surface area contributed by atoms with Crippen LogP contribution >= 0.6 is 11.6 Å². The van der Waals surface area contributed by atoms with Crippen LogP contribution in [0.1, 0.15) is 25.3 Å². The highest BCUT2D eigenvalue weighted by Crippen LogP contribution is 2.31. The first-order valence-corrected chi connectivity index (χ1v) is 8.10. The predicted octanol–water partition coefficient (Wildman–Crippen LogP) is 2.66. The third-order valence-corrected chi connectivity index (χ3v) is 4.66. The molecule has 2 N–H and O–H groups in total. The van der Waals surface area contributed by atoms with Gasteiger partial charge in [0.2, 0.25) is 5.95 Å². The molecule has 1 saturated heterocycles. The minimum Gasteiger partial charge on any atom is -0.381 e. The van der Waals surface area contributed by atoms with Gasteiger partial charge >= 0.3 is 0 Å². The first kappa shape index (κ1) is 16.4. The summed E-state index contributed by atoms with van der Waals surface area (Å²) in [4.78, 5) is 9.98. The first-order valence-electron chi connectivity index (χ1n) is 7.72. The van der Waals surface area contributed by atoms with Crippen LogP contribution in [0.3, 0.4) is 0 Å². The molecule has 0 radical (unpaired) electrons. The second-order valence-corrected chi connectivity index (χ2v) is 6.33. The third kappa shape index (κ3) is 3.54. The molecule has 2 aliphatic heterocycles. The van der Waals surface area contributed by atoms with Crippen LogP contribution in [0.5, 0.6) is 0 Å². The van der Waals surface area contributed by atoms with Crippen molar-refractivity contribution in [2.75, 3.05) is 19.8 Å². The Hall–Kier alpha value is -1.50. The third-order valence-electron chi connectivity index (χ3n) is 4.36. The van der Waals surface area contributed by atoms with E-state index in [9.17, 15) is 4.39 Å². The van der Waals surface area contributed by atoms with Crippen LogP contribution in [-0.4, -0.2) is 41.5 Å². The molecule has 3 heterocycles. The lowest BCUT2D eigenvalue weighted by Gasteiger charge is -2.38. The fraction of sp³-hybridized carbons (Fsp3) is 0.500.